The highest BCUT2D eigenvalue weighted by atomic mass is 19.2. The summed E-state index contributed by atoms with van der Waals surface area (Å²) in [4.78, 5) is 0. The molecule has 0 aliphatic heterocycles. The molecule has 2 aromatic carbocycles. The molecule has 0 spiro atoms. The number of halogens is 2. The van der Waals surface area contributed by atoms with E-state index < -0.39 is 11.6 Å². The van der Waals surface area contributed by atoms with Crippen molar-refractivity contribution >= 4 is 10.9 Å². The number of benzene rings is 2. The highest BCUT2D eigenvalue weighted by Crippen LogP contribution is 2.30. The smallest absolute Gasteiger partial charge is 0.162 e. The number of hydrogen-bond acceptors (Lipinski definition) is 1. The van der Waals surface area contributed by atoms with Crippen LogP contribution in [0.3, 0.4) is 0 Å². The summed E-state index contributed by atoms with van der Waals surface area (Å²) in [6.45, 7) is 0. The average Bonchev–Trinajstić information content (AvgIpc) is 2.77. The first-order chi connectivity index (χ1) is 9.15. The normalized spacial score (nSPS) is 10.9. The van der Waals surface area contributed by atoms with Gasteiger partial charge in [-0.1, -0.05) is 6.07 Å². The van der Waals surface area contributed by atoms with Gasteiger partial charge in [-0.3, -0.25) is 0 Å². The van der Waals surface area contributed by atoms with Crippen molar-refractivity contribution < 1.29 is 13.5 Å². The summed E-state index contributed by atoms with van der Waals surface area (Å²) in [6.07, 6.45) is 1.92. The molecule has 0 atom stereocenters. The number of ether oxygens (including phenoxy) is 1. The summed E-state index contributed by atoms with van der Waals surface area (Å²) in [6, 6.07) is 11.0. The number of fused-ring (bicyclic) bond motifs is 1. The molecule has 19 heavy (non-hydrogen) atoms. The average molecular weight is 259 g/mol. The maximum atomic E-state index is 13.1. The van der Waals surface area contributed by atoms with Crippen LogP contribution in [-0.2, 0) is 7.05 Å². The monoisotopic (exact) mass is 259 g/mol. The van der Waals surface area contributed by atoms with Gasteiger partial charge in [-0.05, 0) is 30.3 Å². The van der Waals surface area contributed by atoms with Crippen LogP contribution in [-0.4, -0.2) is 4.57 Å². The van der Waals surface area contributed by atoms with E-state index in [1.165, 1.54) is 6.07 Å². The molecule has 0 aliphatic rings. The van der Waals surface area contributed by atoms with E-state index in [9.17, 15) is 8.78 Å². The zero-order valence-corrected chi connectivity index (χ0v) is 10.2. The van der Waals surface area contributed by atoms with Crippen molar-refractivity contribution in [2.75, 3.05) is 0 Å². The van der Waals surface area contributed by atoms with Crippen molar-refractivity contribution in [3.8, 4) is 11.5 Å². The van der Waals surface area contributed by atoms with Crippen LogP contribution in [0, 0.1) is 11.6 Å². The lowest BCUT2D eigenvalue weighted by atomic mass is 10.2. The largest absolute Gasteiger partial charge is 0.457 e. The lowest BCUT2D eigenvalue weighted by Crippen LogP contribution is -1.89. The van der Waals surface area contributed by atoms with Gasteiger partial charge >= 0.3 is 0 Å². The van der Waals surface area contributed by atoms with Crippen LogP contribution in [0.25, 0.3) is 10.9 Å². The van der Waals surface area contributed by atoms with Crippen LogP contribution in [0.5, 0.6) is 11.5 Å². The van der Waals surface area contributed by atoms with Crippen LogP contribution in [0.4, 0.5) is 8.78 Å². The Morgan fingerprint density at radius 1 is 1.00 bits per heavy atom. The summed E-state index contributed by atoms with van der Waals surface area (Å²) >= 11 is 0. The molecule has 0 N–H and O–H groups in total. The zero-order valence-electron chi connectivity index (χ0n) is 10.2. The molecule has 2 nitrogen and oxygen atoms in total. The van der Waals surface area contributed by atoms with Gasteiger partial charge in [-0.25, -0.2) is 8.78 Å². The molecule has 0 saturated heterocycles. The second-order valence-corrected chi connectivity index (χ2v) is 4.29. The predicted molar refractivity (Wildman–Crippen MR) is 69.4 cm³/mol. The molecule has 0 radical (unpaired) electrons. The van der Waals surface area contributed by atoms with Crippen LogP contribution in [0.2, 0.25) is 0 Å². The second kappa shape index (κ2) is 4.39. The second-order valence-electron chi connectivity index (χ2n) is 4.29. The third kappa shape index (κ3) is 2.05. The topological polar surface area (TPSA) is 14.2 Å². The molecule has 0 bridgehead atoms. The van der Waals surface area contributed by atoms with E-state index in [4.69, 9.17) is 4.74 Å². The minimum Gasteiger partial charge on any atom is -0.457 e. The van der Waals surface area contributed by atoms with Gasteiger partial charge < -0.3 is 9.30 Å². The predicted octanol–water partition coefficient (Wildman–Crippen LogP) is 4.25. The van der Waals surface area contributed by atoms with Gasteiger partial charge in [-0.15, -0.1) is 0 Å². The van der Waals surface area contributed by atoms with Crippen LogP contribution in [0.15, 0.2) is 48.7 Å². The maximum Gasteiger partial charge on any atom is 0.162 e. The van der Waals surface area contributed by atoms with E-state index in [0.29, 0.717) is 5.75 Å². The van der Waals surface area contributed by atoms with Crippen LogP contribution >= 0.6 is 0 Å². The van der Waals surface area contributed by atoms with Crippen molar-refractivity contribution in [2.45, 2.75) is 0 Å². The Labute approximate surface area is 108 Å². The Hall–Kier alpha value is -2.36. The molecule has 3 aromatic rings. The van der Waals surface area contributed by atoms with Crippen molar-refractivity contribution in [3.63, 3.8) is 0 Å². The molecule has 3 rings (SSSR count). The molecular formula is C15H11F2NO. The molecule has 1 aromatic heterocycles. The summed E-state index contributed by atoms with van der Waals surface area (Å²) in [5, 5.41) is 0.926. The van der Waals surface area contributed by atoms with Gasteiger partial charge in [0.2, 0.25) is 0 Å². The lowest BCUT2D eigenvalue weighted by Gasteiger charge is -2.07. The highest BCUT2D eigenvalue weighted by Gasteiger charge is 2.08. The van der Waals surface area contributed by atoms with Crippen molar-refractivity contribution in [3.05, 3.63) is 60.3 Å². The Balaban J connectivity index is 2.03. The number of nitrogens with zero attached hydrogens (tertiary/aromatic N) is 1. The van der Waals surface area contributed by atoms with Crippen molar-refractivity contribution in [2.24, 2.45) is 7.05 Å². The number of hydrogen-bond donors (Lipinski definition) is 0. The summed E-state index contributed by atoms with van der Waals surface area (Å²) < 4.78 is 33.6. The molecule has 0 aliphatic carbocycles. The fraction of sp³-hybridized carbons (Fsp3) is 0.0667. The Morgan fingerprint density at radius 3 is 2.63 bits per heavy atom. The van der Waals surface area contributed by atoms with E-state index >= 15 is 0 Å². The molecule has 0 fully saturated rings. The Bertz CT molecular complexity index is 749. The van der Waals surface area contributed by atoms with Gasteiger partial charge in [0.15, 0.2) is 11.6 Å². The number of rotatable bonds is 2. The molecule has 0 unspecified atom stereocenters. The van der Waals surface area contributed by atoms with E-state index in [0.717, 1.165) is 23.0 Å². The zero-order chi connectivity index (χ0) is 13.4. The third-order valence-corrected chi connectivity index (χ3v) is 3.01. The van der Waals surface area contributed by atoms with E-state index in [1.54, 1.807) is 6.07 Å². The minimum absolute atomic E-state index is 0.273. The Kier molecular flexibility index (Phi) is 2.71. The fourth-order valence-corrected chi connectivity index (χ4v) is 2.03. The first-order valence-corrected chi connectivity index (χ1v) is 5.82. The molecule has 0 amide bonds. The molecule has 96 valence electrons. The van der Waals surface area contributed by atoms with Crippen LogP contribution in [0.1, 0.15) is 0 Å². The summed E-state index contributed by atoms with van der Waals surface area (Å²) in [5.41, 5.74) is 1.01. The number of aryl methyl sites for hydroxylation is 1. The third-order valence-electron chi connectivity index (χ3n) is 3.01. The number of aromatic nitrogens is 1. The quantitative estimate of drug-likeness (QED) is 0.671. The minimum atomic E-state index is -0.919. The first kappa shape index (κ1) is 11.7. The van der Waals surface area contributed by atoms with E-state index in [1.807, 2.05) is 36.0 Å². The maximum absolute atomic E-state index is 13.1. The highest BCUT2D eigenvalue weighted by molar-refractivity contribution is 5.86. The molecule has 4 heteroatoms. The van der Waals surface area contributed by atoms with Gasteiger partial charge in [-0.2, -0.15) is 0 Å². The van der Waals surface area contributed by atoms with Crippen LogP contribution < -0.4 is 4.74 Å². The van der Waals surface area contributed by atoms with Gasteiger partial charge in [0, 0.05) is 24.7 Å². The van der Waals surface area contributed by atoms with Gasteiger partial charge in [0.1, 0.15) is 11.5 Å². The SMILES string of the molecule is Cn1ccc2c(Oc3ccc(F)c(F)c3)cccc21. The first-order valence-electron chi connectivity index (χ1n) is 5.82. The van der Waals surface area contributed by atoms with Crippen molar-refractivity contribution in [1.82, 2.24) is 4.57 Å². The Morgan fingerprint density at radius 2 is 1.84 bits per heavy atom. The van der Waals surface area contributed by atoms with E-state index in [2.05, 4.69) is 0 Å². The van der Waals surface area contributed by atoms with Gasteiger partial charge in [0.25, 0.3) is 0 Å². The molecule has 1 heterocycles. The lowest BCUT2D eigenvalue weighted by molar-refractivity contribution is 0.465. The summed E-state index contributed by atoms with van der Waals surface area (Å²) in [5.74, 6) is -0.914. The molecule has 0 saturated carbocycles. The fourth-order valence-electron chi connectivity index (χ4n) is 2.03. The van der Waals surface area contributed by atoms with Gasteiger partial charge in [0.05, 0.1) is 5.52 Å². The van der Waals surface area contributed by atoms with Crippen molar-refractivity contribution in [1.29, 1.82) is 0 Å². The standard InChI is InChI=1S/C15H11F2NO/c1-18-8-7-11-14(18)3-2-4-15(11)19-10-5-6-12(16)13(17)9-10/h2-9H,1H3. The van der Waals surface area contributed by atoms with E-state index in [-0.39, 0.29) is 5.75 Å². The molecular weight excluding hydrogens is 248 g/mol. The summed E-state index contributed by atoms with van der Waals surface area (Å²) in [7, 11) is 1.93.